The van der Waals surface area contributed by atoms with Crippen molar-refractivity contribution in [1.29, 1.82) is 0 Å². The van der Waals surface area contributed by atoms with Crippen LogP contribution in [0.5, 0.6) is 11.5 Å². The Bertz CT molecular complexity index is 1040. The van der Waals surface area contributed by atoms with Crippen LogP contribution in [0.15, 0.2) is 60.8 Å². The van der Waals surface area contributed by atoms with E-state index in [2.05, 4.69) is 11.9 Å². The van der Waals surface area contributed by atoms with E-state index >= 15 is 0 Å². The summed E-state index contributed by atoms with van der Waals surface area (Å²) in [6.07, 6.45) is 5.38. The summed E-state index contributed by atoms with van der Waals surface area (Å²) in [6, 6.07) is 15.0. The first-order chi connectivity index (χ1) is 15.6. The van der Waals surface area contributed by atoms with Crippen molar-refractivity contribution in [3.05, 3.63) is 71.9 Å². The Balaban J connectivity index is 1.29. The number of carbonyl (C=O) groups excluding carboxylic acids is 2. The van der Waals surface area contributed by atoms with E-state index in [-0.39, 0.29) is 24.0 Å². The van der Waals surface area contributed by atoms with Crippen LogP contribution in [0.1, 0.15) is 54.4 Å². The summed E-state index contributed by atoms with van der Waals surface area (Å²) in [7, 11) is 0. The molecule has 1 saturated carbocycles. The van der Waals surface area contributed by atoms with Crippen LogP contribution in [-0.4, -0.2) is 35.0 Å². The smallest absolute Gasteiger partial charge is 0.255 e. The lowest BCUT2D eigenvalue weighted by Gasteiger charge is -2.32. The van der Waals surface area contributed by atoms with Gasteiger partial charge in [0.2, 0.25) is 5.91 Å². The Morgan fingerprint density at radius 3 is 2.34 bits per heavy atom. The minimum Gasteiger partial charge on any atom is -0.487 e. The topological polar surface area (TPSA) is 67.9 Å². The largest absolute Gasteiger partial charge is 0.487 e. The molecule has 0 aromatic heterocycles. The molecule has 0 bridgehead atoms. The summed E-state index contributed by atoms with van der Waals surface area (Å²) < 4.78 is 12.6. The number of ether oxygens (including phenoxy) is 2. The third-order valence-corrected chi connectivity index (χ3v) is 6.57. The molecule has 6 heteroatoms. The van der Waals surface area contributed by atoms with Gasteiger partial charge in [-0.25, -0.2) is 0 Å². The normalized spacial score (nSPS) is 25.3. The first-order valence-corrected chi connectivity index (χ1v) is 11.4. The number of amides is 2. The zero-order valence-corrected chi connectivity index (χ0v) is 18.1. The number of hydrogen-bond donors (Lipinski definition) is 1. The second-order valence-corrected chi connectivity index (χ2v) is 8.81. The summed E-state index contributed by atoms with van der Waals surface area (Å²) in [5.41, 5.74) is 2.27. The van der Waals surface area contributed by atoms with Crippen LogP contribution in [0.4, 0.5) is 0 Å². The molecular formula is C26H28N2O4. The number of allylic oxidation sites excluding steroid dienone is 1. The van der Waals surface area contributed by atoms with Gasteiger partial charge in [0, 0.05) is 17.8 Å². The highest BCUT2D eigenvalue weighted by molar-refractivity contribution is 6.01. The molecule has 1 unspecified atom stereocenters. The van der Waals surface area contributed by atoms with Gasteiger partial charge in [0.25, 0.3) is 5.91 Å². The molecule has 2 amide bonds. The third kappa shape index (κ3) is 4.09. The van der Waals surface area contributed by atoms with Gasteiger partial charge in [0.1, 0.15) is 29.7 Å². The third-order valence-electron chi connectivity index (χ3n) is 6.57. The minimum absolute atomic E-state index is 0.00318. The van der Waals surface area contributed by atoms with Crippen LogP contribution in [0.3, 0.4) is 0 Å². The Morgan fingerprint density at radius 2 is 1.62 bits per heavy atom. The second-order valence-electron chi connectivity index (χ2n) is 8.81. The molecule has 3 atom stereocenters. The Hall–Kier alpha value is -3.28. The molecular weight excluding hydrogens is 404 g/mol. The van der Waals surface area contributed by atoms with Crippen molar-refractivity contribution in [1.82, 2.24) is 10.2 Å². The highest BCUT2D eigenvalue weighted by Crippen LogP contribution is 2.33. The lowest BCUT2D eigenvalue weighted by Crippen LogP contribution is -2.49. The van der Waals surface area contributed by atoms with Gasteiger partial charge in [-0.2, -0.15) is 0 Å². The van der Waals surface area contributed by atoms with Gasteiger partial charge in [-0.3, -0.25) is 9.59 Å². The maximum atomic E-state index is 12.9. The Kier molecular flexibility index (Phi) is 5.60. The van der Waals surface area contributed by atoms with Gasteiger partial charge in [0.15, 0.2) is 0 Å². The molecule has 3 aliphatic rings. The lowest BCUT2D eigenvalue weighted by atomic mass is 9.94. The van der Waals surface area contributed by atoms with E-state index in [1.165, 1.54) is 0 Å². The molecule has 2 fully saturated rings. The molecule has 2 aliphatic heterocycles. The number of benzene rings is 2. The van der Waals surface area contributed by atoms with Crippen molar-refractivity contribution in [2.75, 3.05) is 0 Å². The molecule has 0 spiro atoms. The zero-order valence-electron chi connectivity index (χ0n) is 18.1. The molecule has 1 N–H and O–H groups in total. The first-order valence-electron chi connectivity index (χ1n) is 11.4. The highest BCUT2D eigenvalue weighted by atomic mass is 16.5. The second kappa shape index (κ2) is 8.69. The SMILES string of the molecule is C=C1CCC(N2Cc3cc(O[C@@H]4CCCC[C@H]4Oc4ccccc4)ccc3C2=O)C(=O)N1. The molecule has 32 heavy (non-hydrogen) atoms. The predicted molar refractivity (Wildman–Crippen MR) is 120 cm³/mol. The van der Waals surface area contributed by atoms with E-state index in [1.54, 1.807) is 4.90 Å². The summed E-state index contributed by atoms with van der Waals surface area (Å²) in [5, 5.41) is 2.78. The number of piperidine rings is 1. The fourth-order valence-electron chi connectivity index (χ4n) is 4.89. The molecule has 2 aromatic carbocycles. The zero-order chi connectivity index (χ0) is 22.1. The van der Waals surface area contributed by atoms with Crippen LogP contribution < -0.4 is 14.8 Å². The van der Waals surface area contributed by atoms with Crippen molar-refractivity contribution in [3.63, 3.8) is 0 Å². The van der Waals surface area contributed by atoms with Gasteiger partial charge < -0.3 is 19.7 Å². The van der Waals surface area contributed by atoms with E-state index in [1.807, 2.05) is 48.5 Å². The van der Waals surface area contributed by atoms with Crippen molar-refractivity contribution in [2.45, 2.75) is 63.3 Å². The fourth-order valence-corrected chi connectivity index (χ4v) is 4.89. The predicted octanol–water partition coefficient (Wildman–Crippen LogP) is 4.20. The summed E-state index contributed by atoms with van der Waals surface area (Å²) in [6.45, 7) is 4.24. The molecule has 2 aromatic rings. The standard InChI is InChI=1S/C26H28N2O4/c1-17-11-14-22(25(29)27-17)28-16-18-15-20(12-13-21(18)26(28)30)32-24-10-6-5-9-23(24)31-19-7-3-2-4-8-19/h2-4,7-8,12-13,15,22-24H,1,5-6,9-11,14,16H2,(H,27,29)/t22?,23-,24-/m1/s1. The summed E-state index contributed by atoms with van der Waals surface area (Å²) >= 11 is 0. The monoisotopic (exact) mass is 432 g/mol. The van der Waals surface area contributed by atoms with E-state index in [4.69, 9.17) is 9.47 Å². The molecule has 1 saturated heterocycles. The molecule has 0 radical (unpaired) electrons. The number of carbonyl (C=O) groups is 2. The van der Waals surface area contributed by atoms with Crippen LogP contribution in [-0.2, 0) is 11.3 Å². The number of rotatable bonds is 5. The van der Waals surface area contributed by atoms with Gasteiger partial charge in [-0.05, 0) is 74.4 Å². The van der Waals surface area contributed by atoms with Gasteiger partial charge >= 0.3 is 0 Å². The van der Waals surface area contributed by atoms with Crippen molar-refractivity contribution in [3.8, 4) is 11.5 Å². The van der Waals surface area contributed by atoms with Crippen molar-refractivity contribution >= 4 is 11.8 Å². The number of hydrogen-bond acceptors (Lipinski definition) is 4. The van der Waals surface area contributed by atoms with Crippen LogP contribution >= 0.6 is 0 Å². The maximum Gasteiger partial charge on any atom is 0.255 e. The van der Waals surface area contributed by atoms with E-state index < -0.39 is 6.04 Å². The summed E-state index contributed by atoms with van der Waals surface area (Å²) in [4.78, 5) is 27.0. The number of nitrogens with one attached hydrogen (secondary N) is 1. The van der Waals surface area contributed by atoms with Crippen LogP contribution in [0.2, 0.25) is 0 Å². The Labute approximate surface area is 188 Å². The van der Waals surface area contributed by atoms with E-state index in [0.717, 1.165) is 42.7 Å². The summed E-state index contributed by atoms with van der Waals surface area (Å²) in [5.74, 6) is 1.36. The molecule has 6 nitrogen and oxygen atoms in total. The van der Waals surface area contributed by atoms with Crippen LogP contribution in [0.25, 0.3) is 0 Å². The number of para-hydroxylation sites is 1. The number of nitrogens with zero attached hydrogens (tertiary/aromatic N) is 1. The first kappa shape index (κ1) is 20.6. The molecule has 166 valence electrons. The van der Waals surface area contributed by atoms with Crippen LogP contribution in [0, 0.1) is 0 Å². The average molecular weight is 433 g/mol. The Morgan fingerprint density at radius 1 is 0.906 bits per heavy atom. The van der Waals surface area contributed by atoms with E-state index in [0.29, 0.717) is 30.6 Å². The maximum absolute atomic E-state index is 12.9. The van der Waals surface area contributed by atoms with Gasteiger partial charge in [0.05, 0.1) is 0 Å². The van der Waals surface area contributed by atoms with Gasteiger partial charge in [-0.15, -0.1) is 0 Å². The highest BCUT2D eigenvalue weighted by Gasteiger charge is 2.38. The molecule has 1 aliphatic carbocycles. The van der Waals surface area contributed by atoms with Crippen molar-refractivity contribution in [2.24, 2.45) is 0 Å². The molecule has 2 heterocycles. The number of fused-ring (bicyclic) bond motifs is 1. The van der Waals surface area contributed by atoms with E-state index in [9.17, 15) is 9.59 Å². The van der Waals surface area contributed by atoms with Gasteiger partial charge in [-0.1, -0.05) is 24.8 Å². The van der Waals surface area contributed by atoms with Crippen molar-refractivity contribution < 1.29 is 19.1 Å². The average Bonchev–Trinajstić information content (AvgIpc) is 3.11. The minimum atomic E-state index is -0.452. The lowest BCUT2D eigenvalue weighted by molar-refractivity contribution is -0.126. The fraction of sp³-hybridized carbons (Fsp3) is 0.385. The quantitative estimate of drug-likeness (QED) is 0.769. The molecule has 5 rings (SSSR count).